The molecule has 10 heteroatoms. The van der Waals surface area contributed by atoms with E-state index in [0.29, 0.717) is 29.3 Å². The van der Waals surface area contributed by atoms with Gasteiger partial charge >= 0.3 is 6.18 Å². The molecule has 34 heavy (non-hydrogen) atoms. The lowest BCUT2D eigenvalue weighted by Crippen LogP contribution is -2.20. The monoisotopic (exact) mass is 486 g/mol. The van der Waals surface area contributed by atoms with Crippen molar-refractivity contribution < 1.29 is 22.7 Å². The molecule has 6 nitrogen and oxygen atoms in total. The van der Waals surface area contributed by atoms with Gasteiger partial charge in [-0.05, 0) is 48.0 Å². The van der Waals surface area contributed by atoms with Gasteiger partial charge in [0, 0.05) is 30.6 Å². The van der Waals surface area contributed by atoms with E-state index in [1.165, 1.54) is 18.2 Å². The second kappa shape index (κ2) is 9.96. The van der Waals surface area contributed by atoms with Crippen LogP contribution in [0.2, 0.25) is 5.02 Å². The van der Waals surface area contributed by atoms with Crippen molar-refractivity contribution in [3.05, 3.63) is 88.7 Å². The number of hydrogen-bond donors (Lipinski definition) is 2. The Balaban J connectivity index is 1.42. The molecule has 3 aromatic rings. The number of pyridine rings is 1. The topological polar surface area (TPSA) is 75.6 Å². The van der Waals surface area contributed by atoms with Crippen molar-refractivity contribution in [2.45, 2.75) is 6.18 Å². The molecule has 174 valence electrons. The molecule has 1 amide bonds. The number of aromatic nitrogens is 1. The first-order valence-electron chi connectivity index (χ1n) is 10.2. The van der Waals surface area contributed by atoms with E-state index in [9.17, 15) is 18.0 Å². The molecule has 0 radical (unpaired) electrons. The quantitative estimate of drug-likeness (QED) is 0.448. The first-order chi connectivity index (χ1) is 16.3. The number of halogens is 4. The molecule has 1 aromatic heterocycles. The van der Waals surface area contributed by atoms with Crippen LogP contribution in [-0.2, 0) is 11.0 Å². The SMILES string of the molecule is O=C(C=Cc1cccc(Oc2ccnc(C3=NCCN3)c2)c1)Nc1ccc(Cl)c(C(F)(F)F)c1. The number of benzene rings is 2. The minimum atomic E-state index is -4.62. The maximum absolute atomic E-state index is 13.0. The van der Waals surface area contributed by atoms with Crippen molar-refractivity contribution in [3.63, 3.8) is 0 Å². The summed E-state index contributed by atoms with van der Waals surface area (Å²) in [5.41, 5.74) is 0.309. The molecule has 0 saturated heterocycles. The zero-order valence-electron chi connectivity index (χ0n) is 17.6. The van der Waals surface area contributed by atoms with Gasteiger partial charge in [-0.1, -0.05) is 23.7 Å². The van der Waals surface area contributed by atoms with Crippen molar-refractivity contribution in [2.75, 3.05) is 18.4 Å². The molecule has 1 aliphatic rings. The number of amidine groups is 1. The fraction of sp³-hybridized carbons (Fsp3) is 0.125. The smallest absolute Gasteiger partial charge is 0.417 e. The van der Waals surface area contributed by atoms with Crippen LogP contribution in [-0.4, -0.2) is 29.8 Å². The Bertz CT molecular complexity index is 1280. The maximum atomic E-state index is 13.0. The molecule has 0 atom stereocenters. The second-order valence-electron chi connectivity index (χ2n) is 7.22. The van der Waals surface area contributed by atoms with Crippen molar-refractivity contribution >= 4 is 35.1 Å². The number of amides is 1. The summed E-state index contributed by atoms with van der Waals surface area (Å²) >= 11 is 5.60. The Morgan fingerprint density at radius 2 is 1.94 bits per heavy atom. The van der Waals surface area contributed by atoms with Crippen LogP contribution in [0.5, 0.6) is 11.5 Å². The van der Waals surface area contributed by atoms with Gasteiger partial charge in [-0.2, -0.15) is 13.2 Å². The lowest BCUT2D eigenvalue weighted by atomic mass is 10.2. The summed E-state index contributed by atoms with van der Waals surface area (Å²) in [5, 5.41) is 5.11. The fourth-order valence-corrected chi connectivity index (χ4v) is 3.39. The Morgan fingerprint density at radius 3 is 2.71 bits per heavy atom. The van der Waals surface area contributed by atoms with E-state index in [0.717, 1.165) is 24.5 Å². The van der Waals surface area contributed by atoms with Gasteiger partial charge in [0.2, 0.25) is 5.91 Å². The lowest BCUT2D eigenvalue weighted by molar-refractivity contribution is -0.137. The zero-order chi connectivity index (χ0) is 24.1. The highest BCUT2D eigenvalue weighted by Gasteiger charge is 2.33. The summed E-state index contributed by atoms with van der Waals surface area (Å²) in [6, 6.07) is 13.7. The van der Waals surface area contributed by atoms with Crippen LogP contribution in [0.4, 0.5) is 18.9 Å². The van der Waals surface area contributed by atoms with E-state index >= 15 is 0 Å². The molecule has 0 unspecified atom stereocenters. The van der Waals surface area contributed by atoms with Gasteiger partial charge in [0.15, 0.2) is 0 Å². The molecule has 0 fully saturated rings. The third kappa shape index (κ3) is 5.93. The number of ether oxygens (including phenoxy) is 1. The van der Waals surface area contributed by atoms with Gasteiger partial charge in [0.1, 0.15) is 23.0 Å². The highest BCUT2D eigenvalue weighted by molar-refractivity contribution is 6.31. The molecule has 0 spiro atoms. The maximum Gasteiger partial charge on any atom is 0.417 e. The first-order valence-corrected chi connectivity index (χ1v) is 10.5. The van der Waals surface area contributed by atoms with Gasteiger partial charge < -0.3 is 15.4 Å². The molecule has 0 bridgehead atoms. The molecule has 0 aliphatic carbocycles. The highest BCUT2D eigenvalue weighted by atomic mass is 35.5. The summed E-state index contributed by atoms with van der Waals surface area (Å²) in [6.07, 6.45) is -0.250. The summed E-state index contributed by atoms with van der Waals surface area (Å²) in [5.74, 6) is 1.23. The minimum Gasteiger partial charge on any atom is -0.457 e. The zero-order valence-corrected chi connectivity index (χ0v) is 18.3. The van der Waals surface area contributed by atoms with Gasteiger partial charge in [-0.15, -0.1) is 0 Å². The van der Waals surface area contributed by atoms with Crippen LogP contribution in [0.25, 0.3) is 6.08 Å². The number of hydrogen-bond acceptors (Lipinski definition) is 5. The summed E-state index contributed by atoms with van der Waals surface area (Å²) in [6.45, 7) is 1.47. The van der Waals surface area contributed by atoms with E-state index in [1.807, 2.05) is 0 Å². The molecule has 4 rings (SSSR count). The van der Waals surface area contributed by atoms with Crippen LogP contribution in [0, 0.1) is 0 Å². The van der Waals surface area contributed by atoms with Crippen LogP contribution >= 0.6 is 11.6 Å². The Labute approximate surface area is 198 Å². The van der Waals surface area contributed by atoms with Crippen LogP contribution in [0.3, 0.4) is 0 Å². The van der Waals surface area contributed by atoms with E-state index < -0.39 is 22.7 Å². The number of carbonyl (C=O) groups excluding carboxylic acids is 1. The van der Waals surface area contributed by atoms with Gasteiger partial charge in [-0.3, -0.25) is 14.8 Å². The molecule has 2 aromatic carbocycles. The largest absolute Gasteiger partial charge is 0.457 e. The van der Waals surface area contributed by atoms with Crippen molar-refractivity contribution in [1.82, 2.24) is 10.3 Å². The highest BCUT2D eigenvalue weighted by Crippen LogP contribution is 2.36. The lowest BCUT2D eigenvalue weighted by Gasteiger charge is -2.11. The van der Waals surface area contributed by atoms with E-state index in [4.69, 9.17) is 16.3 Å². The summed E-state index contributed by atoms with van der Waals surface area (Å²) in [7, 11) is 0. The number of nitrogens with zero attached hydrogens (tertiary/aromatic N) is 2. The standard InChI is InChI=1S/C24H18ClF3N4O2/c25-20-6-5-16(13-19(20)24(26,27)28)32-22(33)7-4-15-2-1-3-17(12-15)34-18-8-9-29-21(14-18)23-30-10-11-31-23/h1-9,12-14H,10-11H2,(H,30,31)(H,32,33). The summed E-state index contributed by atoms with van der Waals surface area (Å²) in [4.78, 5) is 20.8. The molecule has 2 N–H and O–H groups in total. The molecular formula is C24H18ClF3N4O2. The fourth-order valence-electron chi connectivity index (χ4n) is 3.17. The Kier molecular flexibility index (Phi) is 6.83. The van der Waals surface area contributed by atoms with Crippen LogP contribution < -0.4 is 15.4 Å². The molecule has 1 aliphatic heterocycles. The van der Waals surface area contributed by atoms with Crippen molar-refractivity contribution in [1.29, 1.82) is 0 Å². The molecular weight excluding hydrogens is 469 g/mol. The Hall–Kier alpha value is -3.85. The number of carbonyl (C=O) groups is 1. The van der Waals surface area contributed by atoms with Gasteiger partial charge in [0.25, 0.3) is 0 Å². The third-order valence-corrected chi connectivity index (χ3v) is 5.04. The van der Waals surface area contributed by atoms with Gasteiger partial charge in [0.05, 0.1) is 17.1 Å². The minimum absolute atomic E-state index is 0.0155. The van der Waals surface area contributed by atoms with Crippen molar-refractivity contribution in [2.24, 2.45) is 4.99 Å². The first kappa shape index (κ1) is 23.3. The average molecular weight is 487 g/mol. The van der Waals surface area contributed by atoms with Crippen LogP contribution in [0.1, 0.15) is 16.8 Å². The van der Waals surface area contributed by atoms with Gasteiger partial charge in [-0.25, -0.2) is 0 Å². The predicted octanol–water partition coefficient (Wildman–Crippen LogP) is 5.55. The summed E-state index contributed by atoms with van der Waals surface area (Å²) < 4.78 is 44.9. The van der Waals surface area contributed by atoms with E-state index in [1.54, 1.807) is 42.6 Å². The van der Waals surface area contributed by atoms with Crippen molar-refractivity contribution in [3.8, 4) is 11.5 Å². The molecule has 0 saturated carbocycles. The third-order valence-electron chi connectivity index (χ3n) is 4.71. The number of rotatable bonds is 6. The normalized spacial score (nSPS) is 13.5. The number of anilines is 1. The second-order valence-corrected chi connectivity index (χ2v) is 7.63. The predicted molar refractivity (Wildman–Crippen MR) is 124 cm³/mol. The Morgan fingerprint density at radius 1 is 1.12 bits per heavy atom. The van der Waals surface area contributed by atoms with E-state index in [2.05, 4.69) is 20.6 Å². The number of nitrogens with one attached hydrogen (secondary N) is 2. The van der Waals surface area contributed by atoms with Crippen LogP contribution in [0.15, 0.2) is 71.9 Å². The van der Waals surface area contributed by atoms with E-state index in [-0.39, 0.29) is 5.69 Å². The molecule has 2 heterocycles. The average Bonchev–Trinajstić information content (AvgIpc) is 3.34. The number of alkyl halides is 3. The number of aliphatic imine (C=N–C) groups is 1.